The number of hydrogen-bond acceptors (Lipinski definition) is 0. The largest absolute Gasteiger partial charge is 0.0836 e. The Bertz CT molecular complexity index is 306. The second kappa shape index (κ2) is 3.81. The molecule has 1 fully saturated rings. The lowest BCUT2D eigenvalue weighted by atomic mass is 9.63. The third-order valence-corrected chi connectivity index (χ3v) is 4.56. The molecular formula is C15H24. The molecule has 2 rings (SSSR count). The van der Waals surface area contributed by atoms with Crippen molar-refractivity contribution in [3.63, 3.8) is 0 Å². The fourth-order valence-corrected chi connectivity index (χ4v) is 3.27. The van der Waals surface area contributed by atoms with Crippen LogP contribution in [0.2, 0.25) is 0 Å². The van der Waals surface area contributed by atoms with Crippen molar-refractivity contribution in [1.29, 1.82) is 0 Å². The van der Waals surface area contributed by atoms with Crippen molar-refractivity contribution in [1.82, 2.24) is 0 Å². The molecular weight excluding hydrogens is 180 g/mol. The molecule has 0 radical (unpaired) electrons. The summed E-state index contributed by atoms with van der Waals surface area (Å²) in [7, 11) is 0. The van der Waals surface area contributed by atoms with Crippen molar-refractivity contribution >= 4 is 0 Å². The summed E-state index contributed by atoms with van der Waals surface area (Å²) in [5.74, 6) is 1.77. The minimum absolute atomic E-state index is 0.410. The van der Waals surface area contributed by atoms with Crippen LogP contribution >= 0.6 is 0 Å². The van der Waals surface area contributed by atoms with E-state index in [1.807, 2.05) is 0 Å². The number of allylic oxidation sites excluding steroid dienone is 4. The molecule has 0 unspecified atom stereocenters. The summed E-state index contributed by atoms with van der Waals surface area (Å²) >= 11 is 0. The zero-order chi connectivity index (χ0) is 11.1. The van der Waals surface area contributed by atoms with E-state index < -0.39 is 0 Å². The maximum atomic E-state index is 2.46. The summed E-state index contributed by atoms with van der Waals surface area (Å²) in [6.07, 6.45) is 10.1. The molecule has 1 saturated carbocycles. The molecule has 0 saturated heterocycles. The van der Waals surface area contributed by atoms with Gasteiger partial charge in [0.25, 0.3) is 0 Å². The van der Waals surface area contributed by atoms with Crippen molar-refractivity contribution < 1.29 is 0 Å². The Labute approximate surface area is 94.5 Å². The SMILES string of the molecule is CC1=C2C[C@H](C(C)C)CC[C@@]2(C)C=CC1. The van der Waals surface area contributed by atoms with Crippen LogP contribution < -0.4 is 0 Å². The molecule has 0 amide bonds. The normalized spacial score (nSPS) is 35.9. The molecule has 2 aliphatic carbocycles. The number of fused-ring (bicyclic) bond motifs is 1. The van der Waals surface area contributed by atoms with Gasteiger partial charge in [0.1, 0.15) is 0 Å². The van der Waals surface area contributed by atoms with Crippen molar-refractivity contribution in [3.05, 3.63) is 23.3 Å². The van der Waals surface area contributed by atoms with E-state index in [0.29, 0.717) is 5.41 Å². The average molecular weight is 204 g/mol. The lowest BCUT2D eigenvalue weighted by molar-refractivity contribution is 0.244. The molecule has 2 atom stereocenters. The van der Waals surface area contributed by atoms with Crippen LogP contribution in [0, 0.1) is 17.3 Å². The van der Waals surface area contributed by atoms with Gasteiger partial charge in [-0.1, -0.05) is 44.1 Å². The van der Waals surface area contributed by atoms with E-state index in [-0.39, 0.29) is 0 Å². The molecule has 0 bridgehead atoms. The van der Waals surface area contributed by atoms with Gasteiger partial charge in [0.15, 0.2) is 0 Å². The fourth-order valence-electron chi connectivity index (χ4n) is 3.27. The predicted octanol–water partition coefficient (Wildman–Crippen LogP) is 4.73. The summed E-state index contributed by atoms with van der Waals surface area (Å²) in [5, 5.41) is 0. The van der Waals surface area contributed by atoms with Crippen LogP contribution in [-0.2, 0) is 0 Å². The van der Waals surface area contributed by atoms with Gasteiger partial charge in [-0.05, 0) is 44.4 Å². The van der Waals surface area contributed by atoms with Crippen molar-refractivity contribution in [2.45, 2.75) is 53.4 Å². The van der Waals surface area contributed by atoms with Crippen molar-refractivity contribution in [3.8, 4) is 0 Å². The second-order valence-corrected chi connectivity index (χ2v) is 6.03. The van der Waals surface area contributed by atoms with Gasteiger partial charge in [-0.2, -0.15) is 0 Å². The standard InChI is InChI=1S/C15H24/c1-11(2)13-7-9-15(4)8-5-6-12(3)14(15)10-13/h5,8,11,13H,6-7,9-10H2,1-4H3/t13-,15-/m1/s1. The minimum atomic E-state index is 0.410. The molecule has 0 aromatic rings. The first-order valence-corrected chi connectivity index (χ1v) is 6.40. The van der Waals surface area contributed by atoms with Crippen LogP contribution in [0.15, 0.2) is 23.3 Å². The van der Waals surface area contributed by atoms with Gasteiger partial charge in [-0.15, -0.1) is 0 Å². The molecule has 0 heterocycles. The van der Waals surface area contributed by atoms with Crippen LogP contribution in [0.3, 0.4) is 0 Å². The molecule has 0 aliphatic heterocycles. The van der Waals surface area contributed by atoms with E-state index in [2.05, 4.69) is 39.8 Å². The Hall–Kier alpha value is -0.520. The highest BCUT2D eigenvalue weighted by Gasteiger charge is 2.36. The molecule has 0 spiro atoms. The van der Waals surface area contributed by atoms with Crippen LogP contribution in [-0.4, -0.2) is 0 Å². The van der Waals surface area contributed by atoms with E-state index in [1.165, 1.54) is 25.7 Å². The fraction of sp³-hybridized carbons (Fsp3) is 0.733. The van der Waals surface area contributed by atoms with Gasteiger partial charge in [-0.3, -0.25) is 0 Å². The van der Waals surface area contributed by atoms with Gasteiger partial charge in [0.2, 0.25) is 0 Å². The lowest BCUT2D eigenvalue weighted by Gasteiger charge is -2.42. The lowest BCUT2D eigenvalue weighted by Crippen LogP contribution is -2.30. The summed E-state index contributed by atoms with van der Waals surface area (Å²) in [4.78, 5) is 0. The Morgan fingerprint density at radius 3 is 2.80 bits per heavy atom. The van der Waals surface area contributed by atoms with E-state index in [4.69, 9.17) is 0 Å². The first kappa shape index (κ1) is 11.0. The van der Waals surface area contributed by atoms with E-state index in [9.17, 15) is 0 Å². The summed E-state index contributed by atoms with van der Waals surface area (Å²) in [5.41, 5.74) is 3.81. The quantitative estimate of drug-likeness (QED) is 0.542. The van der Waals surface area contributed by atoms with Crippen LogP contribution in [0.1, 0.15) is 53.4 Å². The van der Waals surface area contributed by atoms with E-state index in [0.717, 1.165) is 11.8 Å². The van der Waals surface area contributed by atoms with Gasteiger partial charge in [0.05, 0.1) is 0 Å². The topological polar surface area (TPSA) is 0 Å². The zero-order valence-electron chi connectivity index (χ0n) is 10.6. The molecule has 0 heteroatoms. The van der Waals surface area contributed by atoms with E-state index >= 15 is 0 Å². The Morgan fingerprint density at radius 1 is 1.40 bits per heavy atom. The summed E-state index contributed by atoms with van der Waals surface area (Å²) in [6.45, 7) is 9.52. The molecule has 0 nitrogen and oxygen atoms in total. The van der Waals surface area contributed by atoms with E-state index in [1.54, 1.807) is 11.1 Å². The average Bonchev–Trinajstić information content (AvgIpc) is 2.17. The Balaban J connectivity index is 2.24. The third-order valence-electron chi connectivity index (χ3n) is 4.56. The highest BCUT2D eigenvalue weighted by atomic mass is 14.4. The first-order valence-electron chi connectivity index (χ1n) is 6.40. The molecule has 0 N–H and O–H groups in total. The third kappa shape index (κ3) is 1.91. The van der Waals surface area contributed by atoms with Crippen molar-refractivity contribution in [2.24, 2.45) is 17.3 Å². The smallest absolute Gasteiger partial charge is 0.00654 e. The highest BCUT2D eigenvalue weighted by molar-refractivity contribution is 5.33. The minimum Gasteiger partial charge on any atom is -0.0836 e. The monoisotopic (exact) mass is 204 g/mol. The predicted molar refractivity (Wildman–Crippen MR) is 66.7 cm³/mol. The first-order chi connectivity index (χ1) is 7.03. The highest BCUT2D eigenvalue weighted by Crippen LogP contribution is 2.49. The Kier molecular flexibility index (Phi) is 2.79. The van der Waals surface area contributed by atoms with Crippen molar-refractivity contribution in [2.75, 3.05) is 0 Å². The molecule has 2 aliphatic rings. The number of hydrogen-bond donors (Lipinski definition) is 0. The van der Waals surface area contributed by atoms with Gasteiger partial charge in [-0.25, -0.2) is 0 Å². The summed E-state index contributed by atoms with van der Waals surface area (Å²) in [6, 6.07) is 0. The molecule has 0 aromatic carbocycles. The van der Waals surface area contributed by atoms with Crippen LogP contribution in [0.25, 0.3) is 0 Å². The summed E-state index contributed by atoms with van der Waals surface area (Å²) < 4.78 is 0. The number of rotatable bonds is 1. The second-order valence-electron chi connectivity index (χ2n) is 6.03. The Morgan fingerprint density at radius 2 is 2.13 bits per heavy atom. The zero-order valence-corrected chi connectivity index (χ0v) is 10.6. The van der Waals surface area contributed by atoms with Crippen LogP contribution in [0.4, 0.5) is 0 Å². The van der Waals surface area contributed by atoms with Crippen LogP contribution in [0.5, 0.6) is 0 Å². The molecule has 84 valence electrons. The van der Waals surface area contributed by atoms with Gasteiger partial charge in [0, 0.05) is 5.41 Å². The molecule has 0 aromatic heterocycles. The maximum absolute atomic E-state index is 2.46. The van der Waals surface area contributed by atoms with Gasteiger partial charge < -0.3 is 0 Å². The molecule has 15 heavy (non-hydrogen) atoms. The maximum Gasteiger partial charge on any atom is 0.00654 e. The van der Waals surface area contributed by atoms with Gasteiger partial charge >= 0.3 is 0 Å².